The van der Waals surface area contributed by atoms with Crippen LogP contribution in [0.1, 0.15) is 35.3 Å². The van der Waals surface area contributed by atoms with Gasteiger partial charge in [0.05, 0.1) is 22.5 Å². The lowest BCUT2D eigenvalue weighted by Crippen LogP contribution is -2.21. The van der Waals surface area contributed by atoms with Gasteiger partial charge in [0.2, 0.25) is 0 Å². The number of hydrogen-bond donors (Lipinski definition) is 2. The fourth-order valence-electron chi connectivity index (χ4n) is 3.42. The molecule has 2 N–H and O–H groups in total. The van der Waals surface area contributed by atoms with Gasteiger partial charge in [-0.3, -0.25) is 14.8 Å². The maximum atomic E-state index is 14.1. The van der Waals surface area contributed by atoms with E-state index < -0.39 is 5.82 Å². The summed E-state index contributed by atoms with van der Waals surface area (Å²) in [5.74, 6) is -0.879. The number of benzene rings is 1. The van der Waals surface area contributed by atoms with Gasteiger partial charge in [-0.05, 0) is 45.0 Å². The van der Waals surface area contributed by atoms with Gasteiger partial charge in [0.25, 0.3) is 5.91 Å². The highest BCUT2D eigenvalue weighted by Gasteiger charge is 2.14. The fraction of sp³-hybridized carbons (Fsp3) is 0.273. The van der Waals surface area contributed by atoms with Crippen LogP contribution in [0.15, 0.2) is 49.1 Å². The Morgan fingerprint density at radius 3 is 2.67 bits per heavy atom. The third-order valence-corrected chi connectivity index (χ3v) is 4.84. The number of hydrogen-bond acceptors (Lipinski definition) is 5. The van der Waals surface area contributed by atoms with E-state index in [9.17, 15) is 9.18 Å². The first kappa shape index (κ1) is 19.9. The van der Waals surface area contributed by atoms with Crippen LogP contribution in [-0.2, 0) is 0 Å². The number of anilines is 1. The second-order valence-electron chi connectivity index (χ2n) is 7.18. The predicted octanol–water partition coefficient (Wildman–Crippen LogP) is 3.74. The van der Waals surface area contributed by atoms with Gasteiger partial charge in [-0.15, -0.1) is 0 Å². The minimum absolute atomic E-state index is 0.224. The molecule has 0 radical (unpaired) electrons. The molecule has 7 nitrogen and oxygen atoms in total. The van der Waals surface area contributed by atoms with Gasteiger partial charge in [-0.2, -0.15) is 0 Å². The number of piperidine rings is 1. The number of carbonyl (C=O) groups excluding carboxylic acids is 1. The number of amides is 1. The molecule has 0 aliphatic carbocycles. The molecule has 1 amide bonds. The van der Waals surface area contributed by atoms with E-state index in [1.807, 2.05) is 0 Å². The van der Waals surface area contributed by atoms with Crippen molar-refractivity contribution in [2.24, 2.45) is 0 Å². The molecule has 4 heterocycles. The van der Waals surface area contributed by atoms with E-state index in [-0.39, 0.29) is 11.6 Å². The molecule has 0 saturated carbocycles. The quantitative estimate of drug-likeness (QED) is 0.530. The van der Waals surface area contributed by atoms with Crippen LogP contribution in [-0.4, -0.2) is 38.3 Å². The summed E-state index contributed by atoms with van der Waals surface area (Å²) in [7, 11) is 0. The molecule has 1 aliphatic heterocycles. The maximum absolute atomic E-state index is 14.1. The van der Waals surface area contributed by atoms with E-state index in [1.165, 1.54) is 44.6 Å². The first-order valence-electron chi connectivity index (χ1n) is 9.98. The summed E-state index contributed by atoms with van der Waals surface area (Å²) in [6.45, 7) is 4.28. The lowest BCUT2D eigenvalue weighted by molar-refractivity contribution is 0.102. The summed E-state index contributed by atoms with van der Waals surface area (Å²) in [6, 6.07) is 6.41. The van der Waals surface area contributed by atoms with Crippen LogP contribution in [0.2, 0.25) is 0 Å². The highest BCUT2D eigenvalue weighted by Crippen LogP contribution is 2.19. The maximum Gasteiger partial charge on any atom is 0.257 e. The Kier molecular flexibility index (Phi) is 5.94. The summed E-state index contributed by atoms with van der Waals surface area (Å²) in [5, 5.41) is 5.98. The highest BCUT2D eigenvalue weighted by molar-refractivity contribution is 6.11. The van der Waals surface area contributed by atoms with E-state index in [0.717, 1.165) is 0 Å². The Hall–Kier alpha value is -3.39. The van der Waals surface area contributed by atoms with Crippen LogP contribution in [0, 0.1) is 12.7 Å². The number of nitrogens with zero attached hydrogens (tertiary/aromatic N) is 4. The van der Waals surface area contributed by atoms with Gasteiger partial charge in [-0.25, -0.2) is 9.37 Å². The van der Waals surface area contributed by atoms with Crippen molar-refractivity contribution < 1.29 is 9.18 Å². The minimum Gasteiger partial charge on any atom is -0.320 e. The topological polar surface area (TPSA) is 84.2 Å². The molecule has 3 aromatic heterocycles. The number of carbonyl (C=O) groups is 1. The monoisotopic (exact) mass is 406 g/mol. The second kappa shape index (κ2) is 8.96. The summed E-state index contributed by atoms with van der Waals surface area (Å²) in [4.78, 5) is 25.0. The van der Waals surface area contributed by atoms with Crippen molar-refractivity contribution in [1.29, 1.82) is 0 Å². The van der Waals surface area contributed by atoms with Crippen molar-refractivity contribution in [1.82, 2.24) is 24.7 Å². The zero-order chi connectivity index (χ0) is 20.9. The van der Waals surface area contributed by atoms with Crippen molar-refractivity contribution >= 4 is 28.3 Å². The van der Waals surface area contributed by atoms with Gasteiger partial charge in [0, 0.05) is 30.9 Å². The van der Waals surface area contributed by atoms with Crippen LogP contribution < -0.4 is 10.6 Å². The van der Waals surface area contributed by atoms with Gasteiger partial charge < -0.3 is 15.0 Å². The summed E-state index contributed by atoms with van der Waals surface area (Å²) in [5.41, 5.74) is 2.75. The van der Waals surface area contributed by atoms with Gasteiger partial charge in [0.15, 0.2) is 11.5 Å². The molecule has 0 bridgehead atoms. The molecule has 1 aromatic carbocycles. The van der Waals surface area contributed by atoms with Crippen molar-refractivity contribution in [3.05, 3.63) is 66.1 Å². The first-order valence-corrected chi connectivity index (χ1v) is 9.98. The zero-order valence-corrected chi connectivity index (χ0v) is 16.7. The lowest BCUT2D eigenvalue weighted by Gasteiger charge is -2.08. The number of rotatable bonds is 2. The van der Waals surface area contributed by atoms with Crippen LogP contribution in [0.4, 0.5) is 10.1 Å². The first-order chi connectivity index (χ1) is 14.6. The average molecular weight is 406 g/mol. The van der Waals surface area contributed by atoms with Crippen LogP contribution in [0.5, 0.6) is 0 Å². The van der Waals surface area contributed by atoms with Gasteiger partial charge in [-0.1, -0.05) is 12.5 Å². The number of aromatic nitrogens is 4. The van der Waals surface area contributed by atoms with Crippen molar-refractivity contribution in [2.75, 3.05) is 18.4 Å². The minimum atomic E-state index is -0.501. The highest BCUT2D eigenvalue weighted by atomic mass is 19.1. The van der Waals surface area contributed by atoms with E-state index in [2.05, 4.69) is 25.6 Å². The molecule has 0 spiro atoms. The number of pyridine rings is 1. The third kappa shape index (κ3) is 4.44. The Morgan fingerprint density at radius 2 is 1.93 bits per heavy atom. The van der Waals surface area contributed by atoms with E-state index in [1.54, 1.807) is 48.1 Å². The molecule has 1 fully saturated rings. The molecule has 0 unspecified atom stereocenters. The number of para-hydroxylation sites is 1. The molecule has 0 atom stereocenters. The van der Waals surface area contributed by atoms with Crippen molar-refractivity contribution in [2.45, 2.75) is 26.2 Å². The van der Waals surface area contributed by atoms with Crippen molar-refractivity contribution in [3.8, 4) is 0 Å². The number of halogens is 1. The SMILES string of the molecule is C1CCNCC1.Cc1cn2cc(NC(=O)c3cccc4nccnc34)cc(F)c2n1. The predicted molar refractivity (Wildman–Crippen MR) is 114 cm³/mol. The molecular weight excluding hydrogens is 383 g/mol. The summed E-state index contributed by atoms with van der Waals surface area (Å²) in [6.07, 6.45) is 10.6. The normalized spacial score (nSPS) is 13.7. The Labute approximate surface area is 173 Å². The number of aryl methyl sites for hydroxylation is 1. The van der Waals surface area contributed by atoms with E-state index in [4.69, 9.17) is 0 Å². The number of imidazole rings is 1. The van der Waals surface area contributed by atoms with Gasteiger partial charge in [0.1, 0.15) is 5.52 Å². The molecular formula is C22H23FN6O. The third-order valence-electron chi connectivity index (χ3n) is 4.84. The fourth-order valence-corrected chi connectivity index (χ4v) is 3.42. The Morgan fingerprint density at radius 1 is 1.13 bits per heavy atom. The molecule has 5 rings (SSSR count). The van der Waals surface area contributed by atoms with E-state index in [0.29, 0.717) is 28.0 Å². The van der Waals surface area contributed by atoms with Crippen LogP contribution in [0.3, 0.4) is 0 Å². The zero-order valence-electron chi connectivity index (χ0n) is 16.7. The molecule has 8 heteroatoms. The summed E-state index contributed by atoms with van der Waals surface area (Å²) < 4.78 is 15.7. The molecule has 1 saturated heterocycles. The number of nitrogens with one attached hydrogen (secondary N) is 2. The lowest BCUT2D eigenvalue weighted by atomic mass is 10.1. The summed E-state index contributed by atoms with van der Waals surface area (Å²) >= 11 is 0. The van der Waals surface area contributed by atoms with Crippen LogP contribution >= 0.6 is 0 Å². The average Bonchev–Trinajstić information content (AvgIpc) is 3.16. The Bertz CT molecular complexity index is 1170. The second-order valence-corrected chi connectivity index (χ2v) is 7.18. The molecule has 30 heavy (non-hydrogen) atoms. The van der Waals surface area contributed by atoms with Crippen LogP contribution in [0.25, 0.3) is 16.7 Å². The van der Waals surface area contributed by atoms with Crippen molar-refractivity contribution in [3.63, 3.8) is 0 Å². The van der Waals surface area contributed by atoms with E-state index >= 15 is 0 Å². The van der Waals surface area contributed by atoms with Gasteiger partial charge >= 0.3 is 0 Å². The number of fused-ring (bicyclic) bond motifs is 2. The largest absolute Gasteiger partial charge is 0.320 e. The standard InChI is InChI=1S/C17H12FN5O.C5H11N/c1-10-8-23-9-11(7-13(18)16(23)21-10)22-17(24)12-3-2-4-14-15(12)20-6-5-19-14;1-2-4-6-5-3-1/h2-9H,1H3,(H,22,24);6H,1-5H2. The Balaban J connectivity index is 0.000000313. The molecule has 1 aliphatic rings. The molecule has 4 aromatic rings. The smallest absolute Gasteiger partial charge is 0.257 e. The molecule has 154 valence electrons.